The van der Waals surface area contributed by atoms with E-state index in [1.165, 1.54) is 0 Å². The average molecular weight is 264 g/mol. The van der Waals surface area contributed by atoms with E-state index in [0.717, 1.165) is 0 Å². The summed E-state index contributed by atoms with van der Waals surface area (Å²) in [4.78, 5) is 0. The fraction of sp³-hybridized carbons (Fsp3) is 0. The Balaban J connectivity index is 2.88. The van der Waals surface area contributed by atoms with Gasteiger partial charge in [0, 0.05) is 0 Å². The van der Waals surface area contributed by atoms with E-state index >= 15 is 0 Å². The minimum atomic E-state index is 0.393. The Kier molecular flexibility index (Phi) is 3.09. The van der Waals surface area contributed by atoms with Crippen molar-refractivity contribution in [3.8, 4) is 0 Å². The molecule has 0 aromatic heterocycles. The lowest BCUT2D eigenvalue weighted by Crippen LogP contribution is -2.10. The summed E-state index contributed by atoms with van der Waals surface area (Å²) < 4.78 is 4.49. The Morgan fingerprint density at radius 1 is 1.27 bits per heavy atom. The second-order valence-corrected chi connectivity index (χ2v) is 2.14. The first-order valence-corrected chi connectivity index (χ1v) is 3.69. The van der Waals surface area contributed by atoms with Crippen LogP contribution in [0.3, 0.4) is 0 Å². The van der Waals surface area contributed by atoms with Crippen molar-refractivity contribution in [2.45, 2.75) is 0 Å². The highest BCUT2D eigenvalue weighted by atomic mass is 127. The maximum Gasteiger partial charge on any atom is 0.230 e. The van der Waals surface area contributed by atoms with Crippen LogP contribution in [0, 0.1) is 0 Å². The quantitative estimate of drug-likeness (QED) is 0.339. The summed E-state index contributed by atoms with van der Waals surface area (Å²) in [6.07, 6.45) is 6.85. The molecule has 0 unspecified atom stereocenters. The van der Waals surface area contributed by atoms with E-state index in [0.29, 0.717) is 11.4 Å². The Morgan fingerprint density at radius 2 is 1.91 bits per heavy atom. The molecule has 1 aliphatic rings. The molecule has 0 saturated carbocycles. The van der Waals surface area contributed by atoms with Crippen LogP contribution in [0.5, 0.6) is 0 Å². The third-order valence-corrected chi connectivity index (χ3v) is 1.32. The van der Waals surface area contributed by atoms with E-state index in [4.69, 9.17) is 5.21 Å². The standard InChI is InChI=1S/C6H5IN2O2/c7-11-9-6-4-2-1-3-5(6)8-10/h1-4,10H/b8-5+,9-6-. The van der Waals surface area contributed by atoms with Crippen LogP contribution in [0.25, 0.3) is 0 Å². The van der Waals surface area contributed by atoms with Crippen LogP contribution < -0.4 is 0 Å². The van der Waals surface area contributed by atoms with Gasteiger partial charge in [0.2, 0.25) is 23.0 Å². The van der Waals surface area contributed by atoms with Crippen molar-refractivity contribution >= 4 is 34.4 Å². The molecule has 1 N–H and O–H groups in total. The van der Waals surface area contributed by atoms with Crippen molar-refractivity contribution < 1.29 is 8.37 Å². The van der Waals surface area contributed by atoms with Crippen LogP contribution in [0.15, 0.2) is 34.6 Å². The lowest BCUT2D eigenvalue weighted by atomic mass is 10.1. The minimum absolute atomic E-state index is 0.393. The van der Waals surface area contributed by atoms with Crippen LogP contribution in [0.1, 0.15) is 0 Å². The maximum atomic E-state index is 8.45. The van der Waals surface area contributed by atoms with Gasteiger partial charge in [0.15, 0.2) is 0 Å². The van der Waals surface area contributed by atoms with E-state index in [2.05, 4.69) is 13.5 Å². The van der Waals surface area contributed by atoms with Crippen LogP contribution in [0.2, 0.25) is 0 Å². The number of nitrogens with zero attached hydrogens (tertiary/aromatic N) is 2. The van der Waals surface area contributed by atoms with E-state index in [9.17, 15) is 0 Å². The summed E-state index contributed by atoms with van der Waals surface area (Å²) in [6, 6.07) is 0. The third kappa shape index (κ3) is 2.04. The molecule has 0 aromatic rings. The zero-order valence-electron chi connectivity index (χ0n) is 5.44. The topological polar surface area (TPSA) is 54.2 Å². The first-order valence-electron chi connectivity index (χ1n) is 2.81. The largest absolute Gasteiger partial charge is 0.410 e. The Labute approximate surface area is 77.6 Å². The number of rotatable bonds is 1. The molecule has 11 heavy (non-hydrogen) atoms. The molecule has 5 heteroatoms. The Morgan fingerprint density at radius 3 is 2.45 bits per heavy atom. The summed E-state index contributed by atoms with van der Waals surface area (Å²) in [5, 5.41) is 15.1. The van der Waals surface area contributed by atoms with Crippen LogP contribution >= 0.6 is 23.0 Å². The smallest absolute Gasteiger partial charge is 0.230 e. The molecule has 0 fully saturated rings. The molecule has 0 aromatic carbocycles. The van der Waals surface area contributed by atoms with E-state index < -0.39 is 0 Å². The van der Waals surface area contributed by atoms with Gasteiger partial charge >= 0.3 is 0 Å². The summed E-state index contributed by atoms with van der Waals surface area (Å²) in [5.41, 5.74) is 0.897. The molecule has 0 heterocycles. The fourth-order valence-electron chi connectivity index (χ4n) is 0.663. The van der Waals surface area contributed by atoms with Gasteiger partial charge < -0.3 is 8.37 Å². The first-order chi connectivity index (χ1) is 5.38. The van der Waals surface area contributed by atoms with Crippen molar-refractivity contribution in [3.63, 3.8) is 0 Å². The molecular weight excluding hydrogens is 259 g/mol. The number of halogens is 1. The molecule has 1 rings (SSSR count). The number of allylic oxidation sites excluding steroid dienone is 4. The molecule has 4 nitrogen and oxygen atoms in total. The molecule has 58 valence electrons. The van der Waals surface area contributed by atoms with E-state index in [1.54, 1.807) is 47.3 Å². The molecule has 0 amide bonds. The van der Waals surface area contributed by atoms with Crippen molar-refractivity contribution in [3.05, 3.63) is 24.3 Å². The minimum Gasteiger partial charge on any atom is -0.410 e. The monoisotopic (exact) mass is 264 g/mol. The van der Waals surface area contributed by atoms with E-state index in [1.807, 2.05) is 0 Å². The van der Waals surface area contributed by atoms with Gasteiger partial charge in [-0.05, 0) is 12.2 Å². The number of oxime groups is 2. The predicted octanol–water partition coefficient (Wildman–Crippen LogP) is 1.67. The molecular formula is C6H5IN2O2. The molecule has 0 aliphatic heterocycles. The third-order valence-electron chi connectivity index (χ3n) is 1.12. The average Bonchev–Trinajstić information content (AvgIpc) is 2.06. The maximum absolute atomic E-state index is 8.45. The highest BCUT2D eigenvalue weighted by Crippen LogP contribution is 1.99. The van der Waals surface area contributed by atoms with Gasteiger partial charge in [-0.2, -0.15) is 0 Å². The van der Waals surface area contributed by atoms with Crippen molar-refractivity contribution in [2.75, 3.05) is 0 Å². The molecule has 0 bridgehead atoms. The highest BCUT2D eigenvalue weighted by molar-refractivity contribution is 14.1. The lowest BCUT2D eigenvalue weighted by Gasteiger charge is -1.99. The van der Waals surface area contributed by atoms with Gasteiger partial charge in [0.25, 0.3) is 0 Å². The molecule has 0 atom stereocenters. The lowest BCUT2D eigenvalue weighted by molar-refractivity contribution is 0.320. The van der Waals surface area contributed by atoms with Gasteiger partial charge in [-0.15, -0.1) is 0 Å². The Hall–Kier alpha value is -0.850. The Bertz CT molecular complexity index is 255. The summed E-state index contributed by atoms with van der Waals surface area (Å²) in [5.74, 6) is 0. The van der Waals surface area contributed by atoms with Crippen LogP contribution in [-0.2, 0) is 3.17 Å². The van der Waals surface area contributed by atoms with Crippen LogP contribution in [0.4, 0.5) is 0 Å². The zero-order chi connectivity index (χ0) is 8.10. The normalized spacial score (nSPS) is 23.0. The number of hydrogen-bond donors (Lipinski definition) is 1. The summed E-state index contributed by atoms with van der Waals surface area (Å²) >= 11 is 1.63. The van der Waals surface area contributed by atoms with Gasteiger partial charge in [-0.3, -0.25) is 0 Å². The second kappa shape index (κ2) is 4.12. The molecule has 0 spiro atoms. The van der Waals surface area contributed by atoms with Crippen molar-refractivity contribution in [1.29, 1.82) is 0 Å². The number of hydrogen-bond acceptors (Lipinski definition) is 4. The predicted molar refractivity (Wildman–Crippen MR) is 50.0 cm³/mol. The van der Waals surface area contributed by atoms with Crippen LogP contribution in [-0.4, -0.2) is 16.6 Å². The fourth-order valence-corrected chi connectivity index (χ4v) is 0.875. The summed E-state index contributed by atoms with van der Waals surface area (Å²) in [6.45, 7) is 0. The van der Waals surface area contributed by atoms with Crippen molar-refractivity contribution in [2.24, 2.45) is 10.3 Å². The zero-order valence-corrected chi connectivity index (χ0v) is 7.59. The van der Waals surface area contributed by atoms with Gasteiger partial charge in [-0.25, -0.2) is 0 Å². The molecule has 1 aliphatic carbocycles. The van der Waals surface area contributed by atoms with Gasteiger partial charge in [0.05, 0.1) is 0 Å². The van der Waals surface area contributed by atoms with Gasteiger partial charge in [0.1, 0.15) is 11.4 Å². The molecule has 0 radical (unpaired) electrons. The SMILES string of the molecule is O/N=C1\C=CC=C\C1=N\OI. The van der Waals surface area contributed by atoms with E-state index in [-0.39, 0.29) is 0 Å². The first kappa shape index (κ1) is 8.25. The second-order valence-electron chi connectivity index (χ2n) is 1.75. The van der Waals surface area contributed by atoms with Crippen molar-refractivity contribution in [1.82, 2.24) is 0 Å². The highest BCUT2D eigenvalue weighted by Gasteiger charge is 2.05. The van der Waals surface area contributed by atoms with Gasteiger partial charge in [-0.1, -0.05) is 22.5 Å². The molecule has 0 saturated heterocycles. The summed E-state index contributed by atoms with van der Waals surface area (Å²) in [7, 11) is 0.